The molecule has 1 aromatic heterocycles. The van der Waals surface area contributed by atoms with Crippen molar-refractivity contribution in [1.82, 2.24) is 20.3 Å². The van der Waals surface area contributed by atoms with Gasteiger partial charge in [-0.2, -0.15) is 0 Å². The summed E-state index contributed by atoms with van der Waals surface area (Å²) in [6.07, 6.45) is 1.61. The van der Waals surface area contributed by atoms with E-state index in [2.05, 4.69) is 15.6 Å². The van der Waals surface area contributed by atoms with Crippen LogP contribution in [-0.2, 0) is 6.54 Å². The second-order valence-electron chi connectivity index (χ2n) is 5.75. The van der Waals surface area contributed by atoms with E-state index >= 15 is 0 Å². The van der Waals surface area contributed by atoms with Crippen molar-refractivity contribution in [3.63, 3.8) is 0 Å². The maximum atomic E-state index is 12.3. The molecule has 25 heavy (non-hydrogen) atoms. The average Bonchev–Trinajstić information content (AvgIpc) is 3.29. The summed E-state index contributed by atoms with van der Waals surface area (Å²) in [6.45, 7) is 2.61. The molecule has 1 aliphatic heterocycles. The standard InChI is InChI=1S/C18H16N4O3/c1-12-2-5-14(6-3-12)22-10-15(20-21-22)18(23)19-9-13-4-7-16-17(8-13)25-11-24-16/h2-8,10H,9,11H2,1H3,(H,19,23). The first-order chi connectivity index (χ1) is 12.2. The monoisotopic (exact) mass is 336 g/mol. The fourth-order valence-corrected chi connectivity index (χ4v) is 2.52. The Morgan fingerprint density at radius 1 is 1.16 bits per heavy atom. The van der Waals surface area contributed by atoms with Crippen LogP contribution < -0.4 is 14.8 Å². The van der Waals surface area contributed by atoms with Gasteiger partial charge in [-0.3, -0.25) is 4.79 Å². The van der Waals surface area contributed by atoms with Crippen molar-refractivity contribution in [2.45, 2.75) is 13.5 Å². The first-order valence-corrected chi connectivity index (χ1v) is 7.85. The van der Waals surface area contributed by atoms with Gasteiger partial charge in [0.2, 0.25) is 6.79 Å². The number of nitrogens with zero attached hydrogens (tertiary/aromatic N) is 3. The van der Waals surface area contributed by atoms with Crippen LogP contribution in [0.2, 0.25) is 0 Å². The number of ether oxygens (including phenoxy) is 2. The van der Waals surface area contributed by atoms with Crippen LogP contribution in [0.4, 0.5) is 0 Å². The van der Waals surface area contributed by atoms with Crippen molar-refractivity contribution in [3.8, 4) is 17.2 Å². The van der Waals surface area contributed by atoms with Gasteiger partial charge in [0, 0.05) is 6.54 Å². The molecule has 7 nitrogen and oxygen atoms in total. The van der Waals surface area contributed by atoms with Gasteiger partial charge < -0.3 is 14.8 Å². The second-order valence-corrected chi connectivity index (χ2v) is 5.75. The summed E-state index contributed by atoms with van der Waals surface area (Å²) in [7, 11) is 0. The summed E-state index contributed by atoms with van der Waals surface area (Å²) in [6, 6.07) is 13.4. The number of hydrogen-bond donors (Lipinski definition) is 1. The predicted octanol–water partition coefficient (Wildman–Crippen LogP) is 2.23. The highest BCUT2D eigenvalue weighted by Gasteiger charge is 2.15. The molecule has 1 amide bonds. The second kappa shape index (κ2) is 6.27. The van der Waals surface area contributed by atoms with Crippen LogP contribution in [-0.4, -0.2) is 27.7 Å². The van der Waals surface area contributed by atoms with Gasteiger partial charge in [0.25, 0.3) is 5.91 Å². The lowest BCUT2D eigenvalue weighted by atomic mass is 10.2. The minimum absolute atomic E-state index is 0.229. The van der Waals surface area contributed by atoms with E-state index in [4.69, 9.17) is 9.47 Å². The van der Waals surface area contributed by atoms with Gasteiger partial charge in [-0.15, -0.1) is 5.10 Å². The van der Waals surface area contributed by atoms with E-state index in [-0.39, 0.29) is 18.4 Å². The summed E-state index contributed by atoms with van der Waals surface area (Å²) >= 11 is 0. The lowest BCUT2D eigenvalue weighted by Gasteiger charge is -2.04. The van der Waals surface area contributed by atoms with Crippen LogP contribution >= 0.6 is 0 Å². The number of amides is 1. The third-order valence-corrected chi connectivity index (χ3v) is 3.91. The molecule has 2 aromatic carbocycles. The molecule has 0 unspecified atom stereocenters. The molecule has 0 bridgehead atoms. The Bertz CT molecular complexity index is 918. The Balaban J connectivity index is 1.42. The first kappa shape index (κ1) is 15.2. The van der Waals surface area contributed by atoms with Crippen molar-refractivity contribution in [1.29, 1.82) is 0 Å². The van der Waals surface area contributed by atoms with E-state index in [0.29, 0.717) is 12.3 Å². The molecule has 4 rings (SSSR count). The average molecular weight is 336 g/mol. The number of hydrogen-bond acceptors (Lipinski definition) is 5. The molecular weight excluding hydrogens is 320 g/mol. The van der Waals surface area contributed by atoms with E-state index in [0.717, 1.165) is 22.6 Å². The lowest BCUT2D eigenvalue weighted by molar-refractivity contribution is 0.0945. The molecule has 1 N–H and O–H groups in total. The van der Waals surface area contributed by atoms with Gasteiger partial charge >= 0.3 is 0 Å². The zero-order chi connectivity index (χ0) is 17.2. The molecule has 0 atom stereocenters. The molecular formula is C18H16N4O3. The number of aromatic nitrogens is 3. The van der Waals surface area contributed by atoms with Crippen LogP contribution in [0.25, 0.3) is 5.69 Å². The van der Waals surface area contributed by atoms with Gasteiger partial charge in [-0.05, 0) is 36.8 Å². The Labute approximate surface area is 144 Å². The highest BCUT2D eigenvalue weighted by atomic mass is 16.7. The summed E-state index contributed by atoms with van der Waals surface area (Å²) in [5, 5.41) is 10.8. The highest BCUT2D eigenvalue weighted by molar-refractivity contribution is 5.91. The summed E-state index contributed by atoms with van der Waals surface area (Å²) in [4.78, 5) is 12.3. The molecule has 0 spiro atoms. The maximum Gasteiger partial charge on any atom is 0.273 e. The molecule has 1 aliphatic rings. The van der Waals surface area contributed by atoms with Crippen LogP contribution in [0.5, 0.6) is 11.5 Å². The number of carbonyl (C=O) groups excluding carboxylic acids is 1. The zero-order valence-corrected chi connectivity index (χ0v) is 13.6. The Hall–Kier alpha value is -3.35. The molecule has 2 heterocycles. The summed E-state index contributed by atoms with van der Waals surface area (Å²) < 4.78 is 12.2. The lowest BCUT2D eigenvalue weighted by Crippen LogP contribution is -2.23. The SMILES string of the molecule is Cc1ccc(-n2cc(C(=O)NCc3ccc4c(c3)OCO4)nn2)cc1. The van der Waals surface area contributed by atoms with E-state index in [1.54, 1.807) is 10.9 Å². The van der Waals surface area contributed by atoms with Crippen LogP contribution in [0.15, 0.2) is 48.7 Å². The summed E-state index contributed by atoms with van der Waals surface area (Å²) in [5.41, 5.74) is 3.20. The van der Waals surface area contributed by atoms with Gasteiger partial charge in [-0.1, -0.05) is 29.0 Å². The highest BCUT2D eigenvalue weighted by Crippen LogP contribution is 2.32. The van der Waals surface area contributed by atoms with Gasteiger partial charge in [0.15, 0.2) is 17.2 Å². The number of carbonyl (C=O) groups is 1. The molecule has 126 valence electrons. The fourth-order valence-electron chi connectivity index (χ4n) is 2.52. The van der Waals surface area contributed by atoms with Crippen molar-refractivity contribution >= 4 is 5.91 Å². The van der Waals surface area contributed by atoms with E-state index in [1.165, 1.54) is 0 Å². The number of benzene rings is 2. The van der Waals surface area contributed by atoms with Crippen LogP contribution in [0.3, 0.4) is 0 Å². The zero-order valence-electron chi connectivity index (χ0n) is 13.6. The smallest absolute Gasteiger partial charge is 0.273 e. The molecule has 0 fully saturated rings. The molecule has 3 aromatic rings. The van der Waals surface area contributed by atoms with Crippen LogP contribution in [0.1, 0.15) is 21.6 Å². The van der Waals surface area contributed by atoms with Crippen molar-refractivity contribution in [2.75, 3.05) is 6.79 Å². The maximum absolute atomic E-state index is 12.3. The number of nitrogens with one attached hydrogen (secondary N) is 1. The summed E-state index contributed by atoms with van der Waals surface area (Å²) in [5.74, 6) is 1.13. The third-order valence-electron chi connectivity index (χ3n) is 3.91. The molecule has 0 saturated carbocycles. The Morgan fingerprint density at radius 2 is 1.96 bits per heavy atom. The van der Waals surface area contributed by atoms with Gasteiger partial charge in [0.05, 0.1) is 11.9 Å². The number of rotatable bonds is 4. The number of fused-ring (bicyclic) bond motifs is 1. The Morgan fingerprint density at radius 3 is 2.80 bits per heavy atom. The van der Waals surface area contributed by atoms with Crippen molar-refractivity contribution < 1.29 is 14.3 Å². The largest absolute Gasteiger partial charge is 0.454 e. The van der Waals surface area contributed by atoms with Gasteiger partial charge in [0.1, 0.15) is 0 Å². The van der Waals surface area contributed by atoms with Crippen LogP contribution in [0, 0.1) is 6.92 Å². The predicted molar refractivity (Wildman–Crippen MR) is 89.8 cm³/mol. The van der Waals surface area contributed by atoms with Crippen molar-refractivity contribution in [3.05, 3.63) is 65.5 Å². The van der Waals surface area contributed by atoms with E-state index in [1.807, 2.05) is 49.4 Å². The molecule has 0 saturated heterocycles. The van der Waals surface area contributed by atoms with Crippen molar-refractivity contribution in [2.24, 2.45) is 0 Å². The quantitative estimate of drug-likeness (QED) is 0.790. The molecule has 7 heteroatoms. The minimum atomic E-state index is -0.281. The first-order valence-electron chi connectivity index (χ1n) is 7.85. The topological polar surface area (TPSA) is 78.3 Å². The third kappa shape index (κ3) is 3.16. The Kier molecular flexibility index (Phi) is 3.81. The van der Waals surface area contributed by atoms with E-state index in [9.17, 15) is 4.79 Å². The molecule has 0 aliphatic carbocycles. The minimum Gasteiger partial charge on any atom is -0.454 e. The number of aryl methyl sites for hydroxylation is 1. The van der Waals surface area contributed by atoms with E-state index < -0.39 is 0 Å². The molecule has 0 radical (unpaired) electrons. The normalized spacial score (nSPS) is 12.2. The fraction of sp³-hybridized carbons (Fsp3) is 0.167. The van der Waals surface area contributed by atoms with Gasteiger partial charge in [-0.25, -0.2) is 4.68 Å².